The number of hydrogen-bond acceptors (Lipinski definition) is 10. The molecule has 3 rings (SSSR count). The molecule has 10 heteroatoms. The summed E-state index contributed by atoms with van der Waals surface area (Å²) in [6.07, 6.45) is -7.51. The molecule has 0 bridgehead atoms. The molecule has 1 aliphatic heterocycles. The summed E-state index contributed by atoms with van der Waals surface area (Å²) in [5, 5.41) is 40.3. The van der Waals surface area contributed by atoms with E-state index >= 15 is 0 Å². The largest absolute Gasteiger partial charge is 0.547 e. The summed E-state index contributed by atoms with van der Waals surface area (Å²) >= 11 is 0. The fourth-order valence-electron chi connectivity index (χ4n) is 3.80. The minimum Gasteiger partial charge on any atom is -0.547 e. The lowest BCUT2D eigenvalue weighted by atomic mass is 9.83. The van der Waals surface area contributed by atoms with Crippen LogP contribution < -0.4 is 5.11 Å². The number of rotatable bonds is 7. The third kappa shape index (κ3) is 5.15. The number of aliphatic hydroxyl groups excluding tert-OH is 3. The van der Waals surface area contributed by atoms with E-state index in [1.54, 1.807) is 44.2 Å². The summed E-state index contributed by atoms with van der Waals surface area (Å²) in [7, 11) is 0. The lowest BCUT2D eigenvalue weighted by Gasteiger charge is -2.40. The molecule has 1 aliphatic carbocycles. The van der Waals surface area contributed by atoms with E-state index in [9.17, 15) is 39.6 Å². The van der Waals surface area contributed by atoms with Crippen molar-refractivity contribution in [1.82, 2.24) is 0 Å². The first-order valence-electron chi connectivity index (χ1n) is 10.7. The van der Waals surface area contributed by atoms with E-state index in [1.807, 2.05) is 0 Å². The maximum absolute atomic E-state index is 12.8. The number of carboxylic acid groups (broad SMARTS) is 1. The first kappa shape index (κ1) is 25.4. The van der Waals surface area contributed by atoms with Gasteiger partial charge in [0.05, 0.1) is 5.97 Å². The monoisotopic (exact) mass is 473 g/mol. The van der Waals surface area contributed by atoms with Gasteiger partial charge in [-0.15, -0.1) is 0 Å². The van der Waals surface area contributed by atoms with E-state index in [1.165, 1.54) is 0 Å². The van der Waals surface area contributed by atoms with Gasteiger partial charge >= 0.3 is 5.97 Å². The molecule has 0 saturated carbocycles. The zero-order valence-electron chi connectivity index (χ0n) is 18.6. The summed E-state index contributed by atoms with van der Waals surface area (Å²) in [5.74, 6) is -3.09. The van der Waals surface area contributed by atoms with Crippen LogP contribution in [-0.2, 0) is 19.1 Å². The smallest absolute Gasteiger partial charge is 0.308 e. The molecule has 0 unspecified atom stereocenters. The van der Waals surface area contributed by atoms with Gasteiger partial charge < -0.3 is 34.7 Å². The molecule has 0 amide bonds. The Morgan fingerprint density at radius 1 is 1.03 bits per heavy atom. The Morgan fingerprint density at radius 3 is 2.26 bits per heavy atom. The second-order valence-corrected chi connectivity index (χ2v) is 8.27. The van der Waals surface area contributed by atoms with Gasteiger partial charge in [-0.1, -0.05) is 35.9 Å². The topological polar surface area (TPSA) is 170 Å². The number of aliphatic hydroxyl groups is 3. The minimum atomic E-state index is -1.98. The molecule has 1 heterocycles. The van der Waals surface area contributed by atoms with Crippen LogP contribution in [0.15, 0.2) is 47.1 Å². The molecule has 0 radical (unpaired) electrons. The van der Waals surface area contributed by atoms with E-state index < -0.39 is 42.6 Å². The Kier molecular flexibility index (Phi) is 7.78. The van der Waals surface area contributed by atoms with Crippen molar-refractivity contribution in [3.05, 3.63) is 58.2 Å². The second kappa shape index (κ2) is 10.4. The van der Waals surface area contributed by atoms with Crippen molar-refractivity contribution < 1.29 is 49.1 Å². The summed E-state index contributed by atoms with van der Waals surface area (Å²) in [5.41, 5.74) is 2.22. The van der Waals surface area contributed by atoms with Gasteiger partial charge in [-0.3, -0.25) is 14.4 Å². The molecule has 3 N–H and O–H groups in total. The highest BCUT2D eigenvalue weighted by Gasteiger charge is 2.46. The highest BCUT2D eigenvalue weighted by atomic mass is 16.7. The number of hydrogen-bond donors (Lipinski definition) is 3. The van der Waals surface area contributed by atoms with E-state index in [0.717, 1.165) is 5.57 Å². The van der Waals surface area contributed by atoms with Crippen molar-refractivity contribution in [3.63, 3.8) is 0 Å². The van der Waals surface area contributed by atoms with Crippen molar-refractivity contribution in [1.29, 1.82) is 0 Å². The van der Waals surface area contributed by atoms with Crippen molar-refractivity contribution in [2.45, 2.75) is 63.8 Å². The number of carboxylic acids is 1. The van der Waals surface area contributed by atoms with Gasteiger partial charge in [-0.2, -0.15) is 0 Å². The molecule has 34 heavy (non-hydrogen) atoms. The minimum absolute atomic E-state index is 0.169. The predicted octanol–water partition coefficient (Wildman–Crippen LogP) is -0.401. The summed E-state index contributed by atoms with van der Waals surface area (Å²) in [6, 6.07) is 6.61. The number of benzene rings is 1. The number of carbonyl (C=O) groups excluding carboxylic acids is 4. The van der Waals surface area contributed by atoms with Crippen LogP contribution in [0.1, 0.15) is 53.8 Å². The van der Waals surface area contributed by atoms with E-state index in [0.29, 0.717) is 22.3 Å². The summed E-state index contributed by atoms with van der Waals surface area (Å²) in [4.78, 5) is 48.5. The molecule has 1 aromatic rings. The van der Waals surface area contributed by atoms with Crippen molar-refractivity contribution in [2.75, 3.05) is 0 Å². The molecular formula is C24H25O10-. The van der Waals surface area contributed by atoms with Gasteiger partial charge in [-0.05, 0) is 26.7 Å². The Balaban J connectivity index is 1.58. The standard InChI is InChI=1S/C24H26O10/c1-11(7-9-13-12(2)17(26)14-5-3-4-6-15(14)18(13)27)8-10-16(25)33-24-21(30)19(28)20(29)22(34-24)23(31)32/h3-7,19-22,24,28-30H,8-10H2,1-2H3,(H,31,32)/p-1/b11-7+/t19-,20-,21+,22-,24+/m0/s1. The van der Waals surface area contributed by atoms with Gasteiger partial charge in [-0.25, -0.2) is 0 Å². The van der Waals surface area contributed by atoms with E-state index in [4.69, 9.17) is 9.47 Å². The third-order valence-corrected chi connectivity index (χ3v) is 5.91. The van der Waals surface area contributed by atoms with E-state index in [-0.39, 0.29) is 30.8 Å². The molecule has 5 atom stereocenters. The number of ketones is 2. The fourth-order valence-corrected chi connectivity index (χ4v) is 3.80. The van der Waals surface area contributed by atoms with E-state index in [2.05, 4.69) is 0 Å². The van der Waals surface area contributed by atoms with Crippen LogP contribution in [0.2, 0.25) is 0 Å². The molecular weight excluding hydrogens is 448 g/mol. The molecule has 0 spiro atoms. The predicted molar refractivity (Wildman–Crippen MR) is 113 cm³/mol. The molecule has 0 aromatic heterocycles. The lowest BCUT2D eigenvalue weighted by Crippen LogP contribution is -2.62. The van der Waals surface area contributed by atoms with Crippen LogP contribution in [0.25, 0.3) is 0 Å². The van der Waals surface area contributed by atoms with Gasteiger partial charge in [0.1, 0.15) is 24.4 Å². The molecule has 2 aliphatic rings. The van der Waals surface area contributed by atoms with Crippen molar-refractivity contribution >= 4 is 23.5 Å². The van der Waals surface area contributed by atoms with Gasteiger partial charge in [0, 0.05) is 28.7 Å². The number of esters is 1. The third-order valence-electron chi connectivity index (χ3n) is 5.91. The van der Waals surface area contributed by atoms with Crippen LogP contribution in [0.4, 0.5) is 0 Å². The van der Waals surface area contributed by atoms with Crippen LogP contribution in [0.3, 0.4) is 0 Å². The molecule has 10 nitrogen and oxygen atoms in total. The maximum Gasteiger partial charge on any atom is 0.308 e. The molecule has 1 aromatic carbocycles. The van der Waals surface area contributed by atoms with Gasteiger partial charge in [0.25, 0.3) is 0 Å². The number of allylic oxidation sites excluding steroid dienone is 4. The first-order valence-corrected chi connectivity index (χ1v) is 10.7. The highest BCUT2D eigenvalue weighted by molar-refractivity contribution is 6.26. The average molecular weight is 473 g/mol. The lowest BCUT2D eigenvalue weighted by molar-refractivity contribution is -0.346. The van der Waals surface area contributed by atoms with Crippen molar-refractivity contribution in [3.8, 4) is 0 Å². The maximum atomic E-state index is 12.8. The Bertz CT molecular complexity index is 1070. The average Bonchev–Trinajstić information content (AvgIpc) is 2.81. The summed E-state index contributed by atoms with van der Waals surface area (Å²) < 4.78 is 9.78. The zero-order chi connectivity index (χ0) is 25.2. The molecule has 182 valence electrons. The number of fused-ring (bicyclic) bond motifs is 1. The quantitative estimate of drug-likeness (QED) is 0.350. The number of aliphatic carboxylic acids is 1. The van der Waals surface area contributed by atoms with Crippen LogP contribution in [-0.4, -0.2) is 69.5 Å². The zero-order valence-corrected chi connectivity index (χ0v) is 18.6. The second-order valence-electron chi connectivity index (χ2n) is 8.27. The fraction of sp³-hybridized carbons (Fsp3) is 0.417. The van der Waals surface area contributed by atoms with Gasteiger partial charge in [0.15, 0.2) is 11.6 Å². The Labute approximate surface area is 195 Å². The van der Waals surface area contributed by atoms with Crippen LogP contribution in [0, 0.1) is 0 Å². The normalized spacial score (nSPS) is 27.4. The Hall–Kier alpha value is -3.18. The summed E-state index contributed by atoms with van der Waals surface area (Å²) in [6.45, 7) is 3.33. The van der Waals surface area contributed by atoms with Gasteiger partial charge in [0.2, 0.25) is 6.29 Å². The van der Waals surface area contributed by atoms with Crippen LogP contribution in [0.5, 0.6) is 0 Å². The number of ether oxygens (including phenoxy) is 2. The number of Topliss-reactive ketones (excluding diaryl/α,β-unsaturated/α-hetero) is 2. The van der Waals surface area contributed by atoms with Crippen LogP contribution >= 0.6 is 0 Å². The highest BCUT2D eigenvalue weighted by Crippen LogP contribution is 2.29. The first-order chi connectivity index (χ1) is 16.0. The number of carbonyl (C=O) groups is 4. The van der Waals surface area contributed by atoms with Crippen molar-refractivity contribution in [2.24, 2.45) is 0 Å². The SMILES string of the molecule is CC1=C(C/C=C(\C)CCC(=O)O[C@@H]2O[C@H](C(=O)[O-])[C@@H](O)[C@H](O)[C@H]2O)C(=O)c2ccccc2C1=O. The molecule has 1 saturated heterocycles. The molecule has 1 fully saturated rings. The Morgan fingerprint density at radius 2 is 1.65 bits per heavy atom.